The number of methoxy groups -OCH3 is 1. The van der Waals surface area contributed by atoms with Crippen molar-refractivity contribution in [3.8, 4) is 0 Å². The molecule has 0 fully saturated rings. The number of rotatable bonds is 2. The van der Waals surface area contributed by atoms with Gasteiger partial charge in [0, 0.05) is 17.1 Å². The lowest BCUT2D eigenvalue weighted by Gasteiger charge is -2.02. The molecule has 0 unspecified atom stereocenters. The Morgan fingerprint density at radius 2 is 2.13 bits per heavy atom. The smallest absolute Gasteiger partial charge is 0.205 e. The van der Waals surface area contributed by atoms with Gasteiger partial charge in [-0.05, 0) is 18.2 Å². The Morgan fingerprint density at radius 1 is 1.40 bits per heavy atom. The topological polar surface area (TPSA) is 43.4 Å². The van der Waals surface area contributed by atoms with Crippen LogP contribution in [0.1, 0.15) is 5.56 Å². The first-order valence-electron chi connectivity index (χ1n) is 4.30. The summed E-state index contributed by atoms with van der Waals surface area (Å²) < 4.78 is 29.6. The highest BCUT2D eigenvalue weighted by atomic mass is 79.9. The van der Waals surface area contributed by atoms with Crippen molar-refractivity contribution < 1.29 is 13.2 Å². The molecule has 0 saturated heterocycles. The lowest BCUT2D eigenvalue weighted by molar-refractivity contribution is 0.231. The van der Waals surface area contributed by atoms with Crippen LogP contribution >= 0.6 is 15.9 Å². The summed E-state index contributed by atoms with van der Waals surface area (Å²) in [6, 6.07) is 5.14. The maximum absolute atomic E-state index is 12.0. The molecule has 1 heterocycles. The fourth-order valence-corrected chi connectivity index (χ4v) is 3.69. The van der Waals surface area contributed by atoms with Gasteiger partial charge in [0.2, 0.25) is 9.84 Å². The Kier molecular flexibility index (Phi) is 2.70. The van der Waals surface area contributed by atoms with Gasteiger partial charge >= 0.3 is 0 Å². The van der Waals surface area contributed by atoms with Gasteiger partial charge in [0.15, 0.2) is 0 Å². The zero-order valence-electron chi connectivity index (χ0n) is 8.03. The molecule has 3 nitrogen and oxygen atoms in total. The largest absolute Gasteiger partial charge is 0.379 e. The second kappa shape index (κ2) is 3.73. The molecular formula is C10H9BrO3S. The van der Waals surface area contributed by atoms with Crippen molar-refractivity contribution >= 4 is 31.8 Å². The third-order valence-corrected chi connectivity index (χ3v) is 4.79. The van der Waals surface area contributed by atoms with Crippen molar-refractivity contribution in [1.82, 2.24) is 0 Å². The van der Waals surface area contributed by atoms with E-state index in [4.69, 9.17) is 4.74 Å². The fourth-order valence-electron chi connectivity index (χ4n) is 1.53. The molecule has 0 spiro atoms. The van der Waals surface area contributed by atoms with E-state index in [1.165, 1.54) is 7.11 Å². The number of sulfone groups is 1. The second-order valence-corrected chi connectivity index (χ2v) is 6.02. The van der Waals surface area contributed by atoms with E-state index in [1.807, 2.05) is 6.07 Å². The Hall–Kier alpha value is -0.650. The summed E-state index contributed by atoms with van der Waals surface area (Å²) in [5.41, 5.74) is 0.713. The lowest BCUT2D eigenvalue weighted by atomic mass is 10.2. The molecule has 0 saturated carbocycles. The third-order valence-electron chi connectivity index (χ3n) is 2.24. The normalized spacial score (nSPS) is 17.3. The highest BCUT2D eigenvalue weighted by molar-refractivity contribution is 9.10. The molecule has 1 aromatic carbocycles. The maximum atomic E-state index is 12.0. The van der Waals surface area contributed by atoms with E-state index < -0.39 is 9.84 Å². The average Bonchev–Trinajstić information content (AvgIpc) is 2.43. The minimum absolute atomic E-state index is 0.115. The van der Waals surface area contributed by atoms with Gasteiger partial charge in [-0.25, -0.2) is 8.42 Å². The van der Waals surface area contributed by atoms with E-state index in [2.05, 4.69) is 15.9 Å². The number of ether oxygens (including phenoxy) is 1. The highest BCUT2D eigenvalue weighted by Gasteiger charge is 2.30. The van der Waals surface area contributed by atoms with Crippen LogP contribution in [-0.2, 0) is 14.6 Å². The van der Waals surface area contributed by atoms with Crippen LogP contribution in [0.5, 0.6) is 0 Å². The average molecular weight is 289 g/mol. The van der Waals surface area contributed by atoms with Crippen LogP contribution in [0.15, 0.2) is 32.5 Å². The van der Waals surface area contributed by atoms with Crippen molar-refractivity contribution in [3.05, 3.63) is 33.1 Å². The zero-order chi connectivity index (χ0) is 11.1. The molecule has 0 bridgehead atoms. The van der Waals surface area contributed by atoms with E-state index in [0.29, 0.717) is 15.4 Å². The summed E-state index contributed by atoms with van der Waals surface area (Å²) >= 11 is 3.33. The summed E-state index contributed by atoms with van der Waals surface area (Å²) in [6.07, 6.45) is 1.65. The van der Waals surface area contributed by atoms with Crippen LogP contribution in [0.2, 0.25) is 0 Å². The van der Waals surface area contributed by atoms with Crippen LogP contribution in [0.4, 0.5) is 0 Å². The molecule has 1 aromatic rings. The Balaban J connectivity index is 2.64. The monoisotopic (exact) mass is 288 g/mol. The minimum Gasteiger partial charge on any atom is -0.379 e. The van der Waals surface area contributed by atoms with Crippen molar-refractivity contribution in [1.29, 1.82) is 0 Å². The van der Waals surface area contributed by atoms with E-state index >= 15 is 0 Å². The summed E-state index contributed by atoms with van der Waals surface area (Å²) in [5.74, 6) is 0. The number of fused-ring (bicyclic) bond motifs is 1. The summed E-state index contributed by atoms with van der Waals surface area (Å²) in [4.78, 5) is 0.663. The van der Waals surface area contributed by atoms with Gasteiger partial charge in [-0.1, -0.05) is 22.0 Å². The molecule has 0 aliphatic carbocycles. The van der Waals surface area contributed by atoms with Gasteiger partial charge in [0.05, 0.1) is 16.4 Å². The number of benzene rings is 1. The van der Waals surface area contributed by atoms with Crippen LogP contribution in [0.25, 0.3) is 6.08 Å². The quantitative estimate of drug-likeness (QED) is 0.838. The van der Waals surface area contributed by atoms with Gasteiger partial charge in [-0.3, -0.25) is 0 Å². The molecule has 80 valence electrons. The second-order valence-electron chi connectivity index (χ2n) is 3.20. The number of halogens is 1. The molecule has 5 heteroatoms. The Labute approximate surface area is 96.8 Å². The Bertz CT molecular complexity index is 532. The van der Waals surface area contributed by atoms with Crippen molar-refractivity contribution in [3.63, 3.8) is 0 Å². The summed E-state index contributed by atoms with van der Waals surface area (Å²) in [6.45, 7) is 0.115. The molecular weight excluding hydrogens is 280 g/mol. The molecule has 0 N–H and O–H groups in total. The van der Waals surface area contributed by atoms with E-state index in [1.54, 1.807) is 18.2 Å². The van der Waals surface area contributed by atoms with Gasteiger partial charge in [-0.15, -0.1) is 0 Å². The molecule has 1 aliphatic heterocycles. The third kappa shape index (κ3) is 1.64. The van der Waals surface area contributed by atoms with E-state index in [-0.39, 0.29) is 6.61 Å². The molecule has 2 rings (SSSR count). The molecule has 0 amide bonds. The molecule has 15 heavy (non-hydrogen) atoms. The predicted molar refractivity (Wildman–Crippen MR) is 61.2 cm³/mol. The first-order valence-corrected chi connectivity index (χ1v) is 6.58. The Morgan fingerprint density at radius 3 is 2.73 bits per heavy atom. The van der Waals surface area contributed by atoms with Crippen molar-refractivity contribution in [2.24, 2.45) is 0 Å². The number of hydrogen-bond donors (Lipinski definition) is 0. The molecule has 0 radical (unpaired) electrons. The van der Waals surface area contributed by atoms with E-state index in [9.17, 15) is 8.42 Å². The van der Waals surface area contributed by atoms with Crippen LogP contribution < -0.4 is 0 Å². The van der Waals surface area contributed by atoms with Crippen LogP contribution in [0.3, 0.4) is 0 Å². The van der Waals surface area contributed by atoms with Crippen molar-refractivity contribution in [2.75, 3.05) is 13.7 Å². The first-order chi connectivity index (χ1) is 7.07. The summed E-state index contributed by atoms with van der Waals surface area (Å²) in [5, 5.41) is 0. The minimum atomic E-state index is -3.32. The highest BCUT2D eigenvalue weighted by Crippen LogP contribution is 2.36. The van der Waals surface area contributed by atoms with Crippen LogP contribution in [-0.4, -0.2) is 22.1 Å². The van der Waals surface area contributed by atoms with Crippen molar-refractivity contribution in [2.45, 2.75) is 4.90 Å². The molecule has 0 atom stereocenters. The standard InChI is InChI=1S/C10H9BrO3S/c1-14-6-7-5-8-9(11)3-2-4-10(8)15(7,12)13/h2-5H,6H2,1H3. The zero-order valence-corrected chi connectivity index (χ0v) is 10.4. The maximum Gasteiger partial charge on any atom is 0.205 e. The van der Waals surface area contributed by atoms with E-state index in [0.717, 1.165) is 4.47 Å². The molecule has 0 aromatic heterocycles. The summed E-state index contributed by atoms with van der Waals surface area (Å²) in [7, 11) is -1.84. The van der Waals surface area contributed by atoms with Gasteiger partial charge in [0.1, 0.15) is 0 Å². The predicted octanol–water partition coefficient (Wildman–Crippen LogP) is 2.22. The van der Waals surface area contributed by atoms with Crippen LogP contribution in [0, 0.1) is 0 Å². The van der Waals surface area contributed by atoms with Gasteiger partial charge < -0.3 is 4.74 Å². The number of hydrogen-bond acceptors (Lipinski definition) is 3. The van der Waals surface area contributed by atoms with Gasteiger partial charge in [0.25, 0.3) is 0 Å². The first kappa shape index (κ1) is 10.9. The van der Waals surface area contributed by atoms with Gasteiger partial charge in [-0.2, -0.15) is 0 Å². The lowest BCUT2D eigenvalue weighted by Crippen LogP contribution is -2.05. The molecule has 1 aliphatic rings. The SMILES string of the molecule is COCC1=Cc2c(Br)cccc2S1(=O)=O. The fraction of sp³-hybridized carbons (Fsp3) is 0.200.